The minimum absolute atomic E-state index is 0.302. The second-order valence-electron chi connectivity index (χ2n) is 4.29. The molecule has 1 saturated heterocycles. The smallest absolute Gasteiger partial charge is 0.356 e. The number of esters is 1. The Hall–Kier alpha value is -1.78. The van der Waals surface area contributed by atoms with E-state index in [1.54, 1.807) is 12.1 Å². The lowest BCUT2D eigenvalue weighted by Gasteiger charge is -2.24. The second-order valence-corrected chi connectivity index (χ2v) is 4.29. The predicted molar refractivity (Wildman–Crippen MR) is 66.0 cm³/mol. The van der Waals surface area contributed by atoms with Crippen molar-refractivity contribution in [2.75, 3.05) is 24.3 Å². The van der Waals surface area contributed by atoms with Crippen LogP contribution in [0.3, 0.4) is 0 Å². The number of aromatic nitrogens is 1. The van der Waals surface area contributed by atoms with Gasteiger partial charge < -0.3 is 15.4 Å². The molecule has 0 aromatic carbocycles. The molecule has 2 heterocycles. The zero-order valence-corrected chi connectivity index (χ0v) is 10.1. The Morgan fingerprint density at radius 2 is 2.35 bits per heavy atom. The van der Waals surface area contributed by atoms with Gasteiger partial charge in [0.15, 0.2) is 11.5 Å². The van der Waals surface area contributed by atoms with Crippen molar-refractivity contribution in [2.45, 2.75) is 25.8 Å². The Kier molecular flexibility index (Phi) is 3.17. The summed E-state index contributed by atoms with van der Waals surface area (Å²) in [5, 5.41) is 0. The summed E-state index contributed by atoms with van der Waals surface area (Å²) in [5.41, 5.74) is 6.82. The summed E-state index contributed by atoms with van der Waals surface area (Å²) >= 11 is 0. The minimum atomic E-state index is -0.432. The molecule has 2 N–H and O–H groups in total. The van der Waals surface area contributed by atoms with Crippen LogP contribution in [-0.2, 0) is 4.74 Å². The van der Waals surface area contributed by atoms with Gasteiger partial charge in [-0.2, -0.15) is 0 Å². The predicted octanol–water partition coefficient (Wildman–Crippen LogP) is 1.44. The largest absolute Gasteiger partial charge is 0.464 e. The van der Waals surface area contributed by atoms with Crippen molar-refractivity contribution in [3.63, 3.8) is 0 Å². The Bertz CT molecular complexity index is 434. The third-order valence-corrected chi connectivity index (χ3v) is 3.12. The van der Waals surface area contributed by atoms with Crippen LogP contribution in [0.4, 0.5) is 11.5 Å². The molecule has 0 spiro atoms. The molecule has 1 aromatic rings. The molecule has 2 rings (SSSR count). The highest BCUT2D eigenvalue weighted by molar-refractivity contribution is 5.88. The molecule has 0 radical (unpaired) electrons. The van der Waals surface area contributed by atoms with E-state index in [2.05, 4.69) is 21.5 Å². The SMILES string of the molecule is COC(=O)c1ccc(N)c(N2CCCC2C)n1. The van der Waals surface area contributed by atoms with Gasteiger partial charge in [-0.15, -0.1) is 0 Å². The molecule has 0 bridgehead atoms. The van der Waals surface area contributed by atoms with E-state index >= 15 is 0 Å². The Morgan fingerprint density at radius 3 is 2.94 bits per heavy atom. The monoisotopic (exact) mass is 235 g/mol. The van der Waals surface area contributed by atoms with Crippen molar-refractivity contribution >= 4 is 17.5 Å². The first-order valence-corrected chi connectivity index (χ1v) is 5.75. The molecule has 5 heteroatoms. The first-order chi connectivity index (χ1) is 8.13. The van der Waals surface area contributed by atoms with Gasteiger partial charge in [-0.3, -0.25) is 0 Å². The topological polar surface area (TPSA) is 68.5 Å². The number of nitrogen functional groups attached to an aromatic ring is 1. The zero-order chi connectivity index (χ0) is 12.4. The molecule has 1 aliphatic rings. The van der Waals surface area contributed by atoms with Crippen molar-refractivity contribution in [1.29, 1.82) is 0 Å². The highest BCUT2D eigenvalue weighted by Gasteiger charge is 2.24. The van der Waals surface area contributed by atoms with Crippen LogP contribution in [0, 0.1) is 0 Å². The van der Waals surface area contributed by atoms with E-state index in [4.69, 9.17) is 5.73 Å². The number of hydrogen-bond acceptors (Lipinski definition) is 5. The Labute approximate surface area is 101 Å². The molecule has 1 fully saturated rings. The highest BCUT2D eigenvalue weighted by Crippen LogP contribution is 2.28. The van der Waals surface area contributed by atoms with Gasteiger partial charge in [0.1, 0.15) is 0 Å². The number of pyridine rings is 1. The number of nitrogens with two attached hydrogens (primary N) is 1. The fourth-order valence-electron chi connectivity index (χ4n) is 2.16. The fourth-order valence-corrected chi connectivity index (χ4v) is 2.16. The van der Waals surface area contributed by atoms with E-state index in [1.807, 2.05) is 0 Å². The van der Waals surface area contributed by atoms with Gasteiger partial charge in [0.25, 0.3) is 0 Å². The van der Waals surface area contributed by atoms with Crippen LogP contribution in [0.2, 0.25) is 0 Å². The van der Waals surface area contributed by atoms with E-state index in [-0.39, 0.29) is 0 Å². The molecule has 17 heavy (non-hydrogen) atoms. The number of hydrogen-bond donors (Lipinski definition) is 1. The summed E-state index contributed by atoms with van der Waals surface area (Å²) in [6.45, 7) is 3.07. The zero-order valence-electron chi connectivity index (χ0n) is 10.1. The summed E-state index contributed by atoms with van der Waals surface area (Å²) in [6.07, 6.45) is 2.26. The lowest BCUT2D eigenvalue weighted by Crippen LogP contribution is -2.28. The van der Waals surface area contributed by atoms with E-state index < -0.39 is 5.97 Å². The average molecular weight is 235 g/mol. The van der Waals surface area contributed by atoms with Gasteiger partial charge in [-0.1, -0.05) is 0 Å². The number of rotatable bonds is 2. The third-order valence-electron chi connectivity index (χ3n) is 3.12. The van der Waals surface area contributed by atoms with Crippen LogP contribution >= 0.6 is 0 Å². The number of nitrogens with zero attached hydrogens (tertiary/aromatic N) is 2. The summed E-state index contributed by atoms with van der Waals surface area (Å²) in [4.78, 5) is 17.9. The minimum Gasteiger partial charge on any atom is -0.464 e. The molecular weight excluding hydrogens is 218 g/mol. The van der Waals surface area contributed by atoms with Crippen LogP contribution in [0.25, 0.3) is 0 Å². The number of methoxy groups -OCH3 is 1. The van der Waals surface area contributed by atoms with Gasteiger partial charge >= 0.3 is 5.97 Å². The third kappa shape index (κ3) is 2.18. The van der Waals surface area contributed by atoms with Gasteiger partial charge in [0, 0.05) is 12.6 Å². The molecule has 0 saturated carbocycles. The van der Waals surface area contributed by atoms with E-state index in [0.717, 1.165) is 19.4 Å². The lowest BCUT2D eigenvalue weighted by atomic mass is 10.2. The molecule has 5 nitrogen and oxygen atoms in total. The quantitative estimate of drug-likeness (QED) is 0.785. The van der Waals surface area contributed by atoms with Gasteiger partial charge in [-0.05, 0) is 31.9 Å². The normalized spacial score (nSPS) is 19.4. The molecule has 1 atom stereocenters. The van der Waals surface area contributed by atoms with Crippen molar-refractivity contribution in [1.82, 2.24) is 4.98 Å². The number of carbonyl (C=O) groups is 1. The van der Waals surface area contributed by atoms with E-state index in [0.29, 0.717) is 23.2 Å². The van der Waals surface area contributed by atoms with Crippen LogP contribution in [0.5, 0.6) is 0 Å². The average Bonchev–Trinajstić information content (AvgIpc) is 2.75. The van der Waals surface area contributed by atoms with Crippen LogP contribution in [0.1, 0.15) is 30.3 Å². The first-order valence-electron chi connectivity index (χ1n) is 5.75. The maximum atomic E-state index is 11.4. The molecule has 1 unspecified atom stereocenters. The van der Waals surface area contributed by atoms with Crippen LogP contribution in [0.15, 0.2) is 12.1 Å². The molecular formula is C12H17N3O2. The summed E-state index contributed by atoms with van der Waals surface area (Å²) in [6, 6.07) is 3.71. The van der Waals surface area contributed by atoms with Gasteiger partial charge in [-0.25, -0.2) is 9.78 Å². The number of anilines is 2. The van der Waals surface area contributed by atoms with Gasteiger partial charge in [0.05, 0.1) is 12.8 Å². The standard InChI is InChI=1S/C12H17N3O2/c1-8-4-3-7-15(8)11-9(13)5-6-10(14-11)12(16)17-2/h5-6,8H,3-4,7,13H2,1-2H3. The van der Waals surface area contributed by atoms with Gasteiger partial charge in [0.2, 0.25) is 0 Å². The summed E-state index contributed by atoms with van der Waals surface area (Å²) < 4.78 is 4.66. The Balaban J connectivity index is 2.35. The maximum absolute atomic E-state index is 11.4. The Morgan fingerprint density at radius 1 is 1.59 bits per heavy atom. The van der Waals surface area contributed by atoms with Crippen LogP contribution < -0.4 is 10.6 Å². The first kappa shape index (κ1) is 11.7. The number of ether oxygens (including phenoxy) is 1. The summed E-state index contributed by atoms with van der Waals surface area (Å²) in [5.74, 6) is 0.260. The number of carbonyl (C=O) groups excluding carboxylic acids is 1. The molecule has 1 aliphatic heterocycles. The summed E-state index contributed by atoms with van der Waals surface area (Å²) in [7, 11) is 1.35. The molecule has 0 amide bonds. The molecule has 1 aromatic heterocycles. The van der Waals surface area contributed by atoms with E-state index in [1.165, 1.54) is 7.11 Å². The maximum Gasteiger partial charge on any atom is 0.356 e. The lowest BCUT2D eigenvalue weighted by molar-refractivity contribution is 0.0594. The van der Waals surface area contributed by atoms with Crippen molar-refractivity contribution < 1.29 is 9.53 Å². The van der Waals surface area contributed by atoms with Crippen LogP contribution in [-0.4, -0.2) is 30.6 Å². The van der Waals surface area contributed by atoms with Crippen molar-refractivity contribution in [3.05, 3.63) is 17.8 Å². The highest BCUT2D eigenvalue weighted by atomic mass is 16.5. The van der Waals surface area contributed by atoms with Crippen molar-refractivity contribution in [2.24, 2.45) is 0 Å². The molecule has 92 valence electrons. The van der Waals surface area contributed by atoms with Crippen molar-refractivity contribution in [3.8, 4) is 0 Å². The van der Waals surface area contributed by atoms with E-state index in [9.17, 15) is 4.79 Å². The second kappa shape index (κ2) is 4.61. The fraction of sp³-hybridized carbons (Fsp3) is 0.500. The molecule has 0 aliphatic carbocycles.